The molecule has 1 aromatic carbocycles. The minimum Gasteiger partial charge on any atom is -0.212 e. The summed E-state index contributed by atoms with van der Waals surface area (Å²) in [5.41, 5.74) is 0.131. The van der Waals surface area contributed by atoms with Gasteiger partial charge in [-0.3, -0.25) is 0 Å². The van der Waals surface area contributed by atoms with Gasteiger partial charge in [-0.1, -0.05) is 19.4 Å². The summed E-state index contributed by atoms with van der Waals surface area (Å²) < 4.78 is 51.0. The van der Waals surface area contributed by atoms with E-state index in [0.717, 1.165) is 18.6 Å². The number of hydrogen-bond acceptors (Lipinski definition) is 2. The highest BCUT2D eigenvalue weighted by atomic mass is 32.2. The molecule has 0 aromatic heterocycles. The maximum atomic E-state index is 13.2. The van der Waals surface area contributed by atoms with Crippen molar-refractivity contribution in [1.82, 2.24) is 4.72 Å². The van der Waals surface area contributed by atoms with Crippen molar-refractivity contribution in [3.05, 3.63) is 35.4 Å². The monoisotopic (exact) mass is 263 g/mol. The van der Waals surface area contributed by atoms with Crippen LogP contribution in [0.5, 0.6) is 0 Å². The number of nitrogens with one attached hydrogen (secondary N) is 1. The Morgan fingerprint density at radius 1 is 1.29 bits per heavy atom. The molecule has 1 N–H and O–H groups in total. The molecule has 0 amide bonds. The van der Waals surface area contributed by atoms with Crippen LogP contribution in [0.25, 0.3) is 0 Å². The third-order valence-electron chi connectivity index (χ3n) is 2.26. The van der Waals surface area contributed by atoms with Crippen LogP contribution >= 0.6 is 0 Å². The first-order chi connectivity index (χ1) is 7.94. The molecule has 0 unspecified atom stereocenters. The Kier molecular flexibility index (Phi) is 5.02. The zero-order chi connectivity index (χ0) is 12.9. The largest absolute Gasteiger partial charge is 0.212 e. The van der Waals surface area contributed by atoms with E-state index in [1.807, 2.05) is 6.92 Å². The van der Waals surface area contributed by atoms with Crippen LogP contribution in [0.2, 0.25) is 0 Å². The van der Waals surface area contributed by atoms with Crippen molar-refractivity contribution in [2.45, 2.75) is 26.3 Å². The van der Waals surface area contributed by atoms with Crippen LogP contribution in [-0.4, -0.2) is 14.2 Å². The number of benzene rings is 1. The van der Waals surface area contributed by atoms with E-state index in [2.05, 4.69) is 4.72 Å². The van der Waals surface area contributed by atoms with Crippen LogP contribution in [0, 0.1) is 11.6 Å². The van der Waals surface area contributed by atoms with Crippen molar-refractivity contribution < 1.29 is 17.2 Å². The number of rotatable bonds is 6. The lowest BCUT2D eigenvalue weighted by atomic mass is 10.2. The summed E-state index contributed by atoms with van der Waals surface area (Å²) in [4.78, 5) is 0. The summed E-state index contributed by atoms with van der Waals surface area (Å²) in [5.74, 6) is -1.41. The van der Waals surface area contributed by atoms with E-state index in [-0.39, 0.29) is 17.9 Å². The zero-order valence-corrected chi connectivity index (χ0v) is 10.4. The Labute approximate surface area is 99.9 Å². The fourth-order valence-corrected chi connectivity index (χ4v) is 2.45. The molecule has 0 radical (unpaired) electrons. The van der Waals surface area contributed by atoms with Crippen LogP contribution in [-0.2, 0) is 16.6 Å². The first-order valence-corrected chi connectivity index (χ1v) is 7.01. The Balaban J connectivity index is 2.61. The summed E-state index contributed by atoms with van der Waals surface area (Å²) in [6.07, 6.45) is 1.33. The fraction of sp³-hybridized carbons (Fsp3) is 0.455. The molecule has 0 atom stereocenters. The van der Waals surface area contributed by atoms with E-state index >= 15 is 0 Å². The average molecular weight is 263 g/mol. The molecule has 3 nitrogen and oxygen atoms in total. The van der Waals surface area contributed by atoms with Crippen LogP contribution in [0.4, 0.5) is 8.78 Å². The Hall–Kier alpha value is -1.01. The normalized spacial score (nSPS) is 11.7. The smallest absolute Gasteiger partial charge is 0.211 e. The van der Waals surface area contributed by atoms with Crippen molar-refractivity contribution in [1.29, 1.82) is 0 Å². The topological polar surface area (TPSA) is 46.2 Å². The van der Waals surface area contributed by atoms with Crippen LogP contribution in [0.15, 0.2) is 18.2 Å². The van der Waals surface area contributed by atoms with Gasteiger partial charge in [0.15, 0.2) is 0 Å². The maximum Gasteiger partial charge on any atom is 0.211 e. The van der Waals surface area contributed by atoms with Crippen molar-refractivity contribution in [2.75, 3.05) is 5.75 Å². The van der Waals surface area contributed by atoms with Gasteiger partial charge in [0.25, 0.3) is 0 Å². The summed E-state index contributed by atoms with van der Waals surface area (Å²) in [6, 6.07) is 3.06. The summed E-state index contributed by atoms with van der Waals surface area (Å²) in [5, 5.41) is 0. The predicted molar refractivity (Wildman–Crippen MR) is 61.9 cm³/mol. The molecule has 0 aliphatic heterocycles. The number of sulfonamides is 1. The lowest BCUT2D eigenvalue weighted by molar-refractivity contribution is 0.561. The summed E-state index contributed by atoms with van der Waals surface area (Å²) in [6.45, 7) is 1.73. The second-order valence-corrected chi connectivity index (χ2v) is 5.66. The van der Waals surface area contributed by atoms with Crippen molar-refractivity contribution >= 4 is 10.0 Å². The molecule has 1 aromatic rings. The molecule has 0 aliphatic rings. The van der Waals surface area contributed by atoms with Gasteiger partial charge in [-0.05, 0) is 12.5 Å². The van der Waals surface area contributed by atoms with Gasteiger partial charge in [0.1, 0.15) is 11.6 Å². The van der Waals surface area contributed by atoms with E-state index in [0.29, 0.717) is 6.42 Å². The van der Waals surface area contributed by atoms with Crippen LogP contribution in [0.3, 0.4) is 0 Å². The molecular weight excluding hydrogens is 248 g/mol. The van der Waals surface area contributed by atoms with E-state index in [9.17, 15) is 17.2 Å². The first-order valence-electron chi connectivity index (χ1n) is 5.36. The minimum absolute atomic E-state index is 0.0202. The molecule has 0 heterocycles. The lowest BCUT2D eigenvalue weighted by Gasteiger charge is -2.07. The quantitative estimate of drug-likeness (QED) is 0.855. The predicted octanol–water partition coefficient (Wildman–Crippen LogP) is 2.18. The molecule has 0 bridgehead atoms. The second-order valence-electron chi connectivity index (χ2n) is 3.73. The molecule has 0 saturated heterocycles. The molecule has 6 heteroatoms. The van der Waals surface area contributed by atoms with Crippen molar-refractivity contribution in [2.24, 2.45) is 0 Å². The van der Waals surface area contributed by atoms with Gasteiger partial charge >= 0.3 is 0 Å². The van der Waals surface area contributed by atoms with Gasteiger partial charge in [0.2, 0.25) is 10.0 Å². The van der Waals surface area contributed by atoms with Crippen LogP contribution < -0.4 is 4.72 Å². The van der Waals surface area contributed by atoms with Crippen molar-refractivity contribution in [3.8, 4) is 0 Å². The molecule has 0 aliphatic carbocycles. The van der Waals surface area contributed by atoms with E-state index in [1.165, 1.54) is 6.07 Å². The third-order valence-corrected chi connectivity index (χ3v) is 3.67. The second kappa shape index (κ2) is 6.07. The van der Waals surface area contributed by atoms with Gasteiger partial charge in [0.05, 0.1) is 5.75 Å². The molecule has 96 valence electrons. The average Bonchev–Trinajstić information content (AvgIpc) is 2.25. The molecule has 1 rings (SSSR count). The highest BCUT2D eigenvalue weighted by Crippen LogP contribution is 2.09. The van der Waals surface area contributed by atoms with Gasteiger partial charge in [-0.15, -0.1) is 0 Å². The van der Waals surface area contributed by atoms with E-state index in [1.54, 1.807) is 0 Å². The number of unbranched alkanes of at least 4 members (excludes halogenated alkanes) is 1. The van der Waals surface area contributed by atoms with Crippen LogP contribution in [0.1, 0.15) is 25.3 Å². The SMILES string of the molecule is CCCCS(=O)(=O)NCc1ccc(F)cc1F. The Morgan fingerprint density at radius 3 is 2.59 bits per heavy atom. The highest BCUT2D eigenvalue weighted by Gasteiger charge is 2.11. The van der Waals surface area contributed by atoms with E-state index in [4.69, 9.17) is 0 Å². The van der Waals surface area contributed by atoms with Gasteiger partial charge in [-0.25, -0.2) is 21.9 Å². The van der Waals surface area contributed by atoms with Gasteiger partial charge in [0, 0.05) is 18.2 Å². The first kappa shape index (κ1) is 14.1. The molecule has 0 fully saturated rings. The molecule has 17 heavy (non-hydrogen) atoms. The lowest BCUT2D eigenvalue weighted by Crippen LogP contribution is -2.26. The fourth-order valence-electron chi connectivity index (χ4n) is 1.26. The Morgan fingerprint density at radius 2 is 2.00 bits per heavy atom. The maximum absolute atomic E-state index is 13.2. The summed E-state index contributed by atoms with van der Waals surface area (Å²) >= 11 is 0. The zero-order valence-electron chi connectivity index (χ0n) is 9.54. The summed E-state index contributed by atoms with van der Waals surface area (Å²) in [7, 11) is -3.38. The van der Waals surface area contributed by atoms with Crippen molar-refractivity contribution in [3.63, 3.8) is 0 Å². The van der Waals surface area contributed by atoms with Gasteiger partial charge < -0.3 is 0 Å². The number of hydrogen-bond donors (Lipinski definition) is 1. The highest BCUT2D eigenvalue weighted by molar-refractivity contribution is 7.89. The molecular formula is C11H15F2NO2S. The molecule has 0 saturated carbocycles. The Bertz CT molecular complexity index is 474. The van der Waals surface area contributed by atoms with E-state index < -0.39 is 21.7 Å². The molecule has 0 spiro atoms. The standard InChI is InChI=1S/C11H15F2NO2S/c1-2-3-6-17(15,16)14-8-9-4-5-10(12)7-11(9)13/h4-5,7,14H,2-3,6,8H2,1H3. The number of halogens is 2. The third kappa shape index (κ3) is 4.79. The minimum atomic E-state index is -3.38. The van der Waals surface area contributed by atoms with Gasteiger partial charge in [-0.2, -0.15) is 0 Å².